The Morgan fingerprint density at radius 3 is 2.21 bits per heavy atom. The van der Waals surface area contributed by atoms with E-state index in [0.717, 1.165) is 4.31 Å². The summed E-state index contributed by atoms with van der Waals surface area (Å²) < 4.78 is 25.7. The summed E-state index contributed by atoms with van der Waals surface area (Å²) in [4.78, 5) is 22.7. The minimum Gasteiger partial charge on any atom is -0.354 e. The summed E-state index contributed by atoms with van der Waals surface area (Å²) in [5.74, 6) is -0.614. The number of nitrogens with zero attached hydrogens (tertiary/aromatic N) is 1. The minimum absolute atomic E-state index is 0. The molecule has 0 spiro atoms. The Balaban J connectivity index is 0.00000529. The van der Waals surface area contributed by atoms with Gasteiger partial charge in [0.1, 0.15) is 0 Å². The molecule has 0 aliphatic rings. The van der Waals surface area contributed by atoms with Crippen molar-refractivity contribution >= 4 is 39.9 Å². The number of hydrogen-bond acceptors (Lipinski definition) is 5. The molecule has 0 aliphatic carbocycles. The monoisotopic (exact) mass is 378 g/mol. The van der Waals surface area contributed by atoms with Crippen molar-refractivity contribution in [1.82, 2.24) is 14.9 Å². The highest BCUT2D eigenvalue weighted by atomic mass is 35.5. The number of likely N-dealkylation sites (N-methyl/N-ethyl adjacent to an activating group) is 2. The lowest BCUT2D eigenvalue weighted by Gasteiger charge is -2.17. The number of nitrogens with one attached hydrogen (secondary N) is 3. The SMILES string of the molecule is CNCCNC(=O)CN(C)S(=O)(=O)c1ccc(NC(C)=O)cc1.Cl. The van der Waals surface area contributed by atoms with Gasteiger partial charge in [0.2, 0.25) is 21.8 Å². The molecule has 0 aliphatic heterocycles. The van der Waals surface area contributed by atoms with Crippen LogP contribution in [0.15, 0.2) is 29.2 Å². The molecule has 0 unspecified atom stereocenters. The number of rotatable bonds is 8. The smallest absolute Gasteiger partial charge is 0.243 e. The van der Waals surface area contributed by atoms with Crippen molar-refractivity contribution in [3.8, 4) is 0 Å². The molecule has 0 saturated heterocycles. The number of halogens is 1. The highest BCUT2D eigenvalue weighted by molar-refractivity contribution is 7.89. The molecule has 1 aromatic rings. The van der Waals surface area contributed by atoms with Gasteiger partial charge in [-0.05, 0) is 31.3 Å². The molecule has 8 nitrogen and oxygen atoms in total. The van der Waals surface area contributed by atoms with Crippen molar-refractivity contribution in [3.05, 3.63) is 24.3 Å². The lowest BCUT2D eigenvalue weighted by molar-refractivity contribution is -0.121. The first kappa shape index (κ1) is 22.3. The molecular formula is C14H23ClN4O4S. The van der Waals surface area contributed by atoms with Gasteiger partial charge in [0, 0.05) is 32.7 Å². The lowest BCUT2D eigenvalue weighted by Crippen LogP contribution is -2.40. The van der Waals surface area contributed by atoms with Crippen LogP contribution in [0.4, 0.5) is 5.69 Å². The summed E-state index contributed by atoms with van der Waals surface area (Å²) in [5.41, 5.74) is 0.504. The molecule has 0 atom stereocenters. The molecule has 24 heavy (non-hydrogen) atoms. The maximum atomic E-state index is 12.4. The first-order chi connectivity index (χ1) is 10.8. The Kier molecular flexibility index (Phi) is 9.52. The molecule has 10 heteroatoms. The number of amides is 2. The summed E-state index contributed by atoms with van der Waals surface area (Å²) >= 11 is 0. The van der Waals surface area contributed by atoms with Crippen LogP contribution < -0.4 is 16.0 Å². The maximum Gasteiger partial charge on any atom is 0.243 e. The second kappa shape index (κ2) is 10.2. The molecule has 0 heterocycles. The van der Waals surface area contributed by atoms with Crippen LogP contribution in [0.1, 0.15) is 6.92 Å². The standard InChI is InChI=1S/C14H22N4O4S.ClH/c1-11(19)17-12-4-6-13(7-5-12)23(21,22)18(3)10-14(20)16-9-8-15-2;/h4-7,15H,8-10H2,1-3H3,(H,16,20)(H,17,19);1H. The van der Waals surface area contributed by atoms with Crippen molar-refractivity contribution < 1.29 is 18.0 Å². The molecule has 0 fully saturated rings. The zero-order valence-electron chi connectivity index (χ0n) is 13.8. The number of anilines is 1. The van der Waals surface area contributed by atoms with E-state index in [1.54, 1.807) is 7.05 Å². The molecular weight excluding hydrogens is 356 g/mol. The van der Waals surface area contributed by atoms with Crippen LogP contribution in [0.2, 0.25) is 0 Å². The molecule has 0 aromatic heterocycles. The summed E-state index contributed by atoms with van der Waals surface area (Å²) in [5, 5.41) is 8.04. The largest absolute Gasteiger partial charge is 0.354 e. The molecule has 1 rings (SSSR count). The molecule has 1 aromatic carbocycles. The second-order valence-corrected chi connectivity index (χ2v) is 6.97. The normalized spacial score (nSPS) is 10.8. The zero-order chi connectivity index (χ0) is 17.5. The average molecular weight is 379 g/mol. The molecule has 2 amide bonds. The third-order valence-corrected chi connectivity index (χ3v) is 4.76. The van der Waals surface area contributed by atoms with Crippen LogP contribution in [0, 0.1) is 0 Å². The topological polar surface area (TPSA) is 108 Å². The van der Waals surface area contributed by atoms with E-state index < -0.39 is 10.0 Å². The van der Waals surface area contributed by atoms with Crippen LogP contribution in [0.5, 0.6) is 0 Å². The highest BCUT2D eigenvalue weighted by Gasteiger charge is 2.22. The average Bonchev–Trinajstić information content (AvgIpc) is 2.47. The predicted molar refractivity (Wildman–Crippen MR) is 94.7 cm³/mol. The van der Waals surface area contributed by atoms with Gasteiger partial charge < -0.3 is 16.0 Å². The van der Waals surface area contributed by atoms with Gasteiger partial charge in [-0.15, -0.1) is 12.4 Å². The van der Waals surface area contributed by atoms with E-state index in [2.05, 4.69) is 16.0 Å². The molecule has 0 bridgehead atoms. The van der Waals surface area contributed by atoms with Crippen molar-refractivity contribution in [2.45, 2.75) is 11.8 Å². The molecule has 0 radical (unpaired) electrons. The Morgan fingerprint density at radius 2 is 1.71 bits per heavy atom. The number of hydrogen-bond donors (Lipinski definition) is 3. The van der Waals surface area contributed by atoms with Crippen LogP contribution >= 0.6 is 12.4 Å². The number of carbonyl (C=O) groups is 2. The van der Waals surface area contributed by atoms with Gasteiger partial charge in [0.25, 0.3) is 0 Å². The highest BCUT2D eigenvalue weighted by Crippen LogP contribution is 2.17. The second-order valence-electron chi connectivity index (χ2n) is 4.92. The van der Waals surface area contributed by atoms with Gasteiger partial charge in [-0.1, -0.05) is 0 Å². The zero-order valence-corrected chi connectivity index (χ0v) is 15.5. The van der Waals surface area contributed by atoms with Gasteiger partial charge >= 0.3 is 0 Å². The predicted octanol–water partition coefficient (Wildman–Crippen LogP) is 0.0229. The van der Waals surface area contributed by atoms with Crippen LogP contribution in [-0.4, -0.2) is 58.3 Å². The third kappa shape index (κ3) is 6.83. The Labute approximate surface area is 148 Å². The Bertz CT molecular complexity index is 649. The van der Waals surface area contributed by atoms with Gasteiger partial charge in [-0.25, -0.2) is 8.42 Å². The summed E-state index contributed by atoms with van der Waals surface area (Å²) in [6.45, 7) is 2.13. The van der Waals surface area contributed by atoms with E-state index in [1.165, 1.54) is 38.2 Å². The molecule has 3 N–H and O–H groups in total. The van der Waals surface area contributed by atoms with E-state index >= 15 is 0 Å². The van der Waals surface area contributed by atoms with Crippen molar-refractivity contribution in [1.29, 1.82) is 0 Å². The first-order valence-corrected chi connectivity index (χ1v) is 8.46. The summed E-state index contributed by atoms with van der Waals surface area (Å²) in [7, 11) is -0.666. The van der Waals surface area contributed by atoms with Gasteiger partial charge in [-0.3, -0.25) is 9.59 Å². The van der Waals surface area contributed by atoms with Crippen molar-refractivity contribution in [3.63, 3.8) is 0 Å². The fourth-order valence-corrected chi connectivity index (χ4v) is 2.89. The van der Waals surface area contributed by atoms with Crippen LogP contribution in [0.25, 0.3) is 0 Å². The summed E-state index contributed by atoms with van der Waals surface area (Å²) in [6.07, 6.45) is 0. The van der Waals surface area contributed by atoms with E-state index in [-0.39, 0.29) is 35.7 Å². The van der Waals surface area contributed by atoms with Gasteiger partial charge in [0.15, 0.2) is 0 Å². The Morgan fingerprint density at radius 1 is 1.12 bits per heavy atom. The van der Waals surface area contributed by atoms with E-state index in [1.807, 2.05) is 0 Å². The van der Waals surface area contributed by atoms with Gasteiger partial charge in [-0.2, -0.15) is 4.31 Å². The van der Waals surface area contributed by atoms with Gasteiger partial charge in [0.05, 0.1) is 11.4 Å². The van der Waals surface area contributed by atoms with E-state index in [9.17, 15) is 18.0 Å². The molecule has 136 valence electrons. The van der Waals surface area contributed by atoms with E-state index in [0.29, 0.717) is 18.8 Å². The Hall–Kier alpha value is -1.68. The number of benzene rings is 1. The third-order valence-electron chi connectivity index (χ3n) is 2.95. The first-order valence-electron chi connectivity index (χ1n) is 7.02. The lowest BCUT2D eigenvalue weighted by atomic mass is 10.3. The molecule has 0 saturated carbocycles. The van der Waals surface area contributed by atoms with Crippen molar-refractivity contribution in [2.75, 3.05) is 39.0 Å². The van der Waals surface area contributed by atoms with E-state index in [4.69, 9.17) is 0 Å². The quantitative estimate of drug-likeness (QED) is 0.553. The fraction of sp³-hybridized carbons (Fsp3) is 0.429. The summed E-state index contributed by atoms with van der Waals surface area (Å²) in [6, 6.07) is 5.76. The van der Waals surface area contributed by atoms with Crippen molar-refractivity contribution in [2.24, 2.45) is 0 Å². The fourth-order valence-electron chi connectivity index (χ4n) is 1.76. The van der Waals surface area contributed by atoms with Crippen LogP contribution in [0.3, 0.4) is 0 Å². The number of sulfonamides is 1. The minimum atomic E-state index is -3.77. The number of carbonyl (C=O) groups excluding carboxylic acids is 2. The maximum absolute atomic E-state index is 12.4. The van der Waals surface area contributed by atoms with Crippen LogP contribution in [-0.2, 0) is 19.6 Å².